The third-order valence-corrected chi connectivity index (χ3v) is 2.97. The molecule has 0 aliphatic heterocycles. The van der Waals surface area contributed by atoms with Crippen molar-refractivity contribution in [3.63, 3.8) is 0 Å². The maximum absolute atomic E-state index is 11.8. The second-order valence-corrected chi connectivity index (χ2v) is 4.92. The summed E-state index contributed by atoms with van der Waals surface area (Å²) in [4.78, 5) is 45.6. The Labute approximate surface area is 139 Å². The molecule has 1 aromatic rings. The lowest BCUT2D eigenvalue weighted by Gasteiger charge is -2.16. The molecule has 24 heavy (non-hydrogen) atoms. The number of benzene rings is 1. The second kappa shape index (κ2) is 9.98. The van der Waals surface area contributed by atoms with E-state index in [1.807, 2.05) is 18.2 Å². The van der Waals surface area contributed by atoms with Crippen LogP contribution < -0.4 is 10.6 Å². The number of carbonyl (C=O) groups excluding carboxylic acids is 4. The topological polar surface area (TPSA) is 111 Å². The highest BCUT2D eigenvalue weighted by atomic mass is 16.6. The summed E-state index contributed by atoms with van der Waals surface area (Å²) in [5, 5.41) is 4.43. The molecule has 0 saturated heterocycles. The van der Waals surface area contributed by atoms with Crippen LogP contribution in [0, 0.1) is 0 Å². The fraction of sp³-hybridized carbons (Fsp3) is 0.375. The lowest BCUT2D eigenvalue weighted by Crippen LogP contribution is -2.42. The number of hydrogen-bond donors (Lipinski definition) is 2. The number of carbonyl (C=O) groups is 4. The average Bonchev–Trinajstić information content (AvgIpc) is 2.56. The highest BCUT2D eigenvalue weighted by Gasteiger charge is 2.23. The average molecular weight is 336 g/mol. The number of esters is 1. The van der Waals surface area contributed by atoms with E-state index in [4.69, 9.17) is 4.74 Å². The third-order valence-electron chi connectivity index (χ3n) is 2.97. The van der Waals surface area contributed by atoms with Crippen molar-refractivity contribution in [3.8, 4) is 0 Å². The summed E-state index contributed by atoms with van der Waals surface area (Å²) in [5.41, 5.74) is 0.795. The molecular formula is C16H20N2O6. The van der Waals surface area contributed by atoms with Gasteiger partial charge in [-0.15, -0.1) is 0 Å². The predicted octanol–water partition coefficient (Wildman–Crippen LogP) is 0.897. The van der Waals surface area contributed by atoms with Gasteiger partial charge in [-0.05, 0) is 12.0 Å². The van der Waals surface area contributed by atoms with Crippen molar-refractivity contribution < 1.29 is 28.7 Å². The van der Waals surface area contributed by atoms with Crippen molar-refractivity contribution in [2.45, 2.75) is 32.4 Å². The van der Waals surface area contributed by atoms with Gasteiger partial charge in [0.25, 0.3) is 0 Å². The summed E-state index contributed by atoms with van der Waals surface area (Å²) in [6.45, 7) is 1.25. The number of imide groups is 1. The highest BCUT2D eigenvalue weighted by molar-refractivity contribution is 5.94. The lowest BCUT2D eigenvalue weighted by molar-refractivity contribution is -0.143. The summed E-state index contributed by atoms with van der Waals surface area (Å²) in [7, 11) is 1.17. The summed E-state index contributed by atoms with van der Waals surface area (Å²) in [5.74, 6) is -1.75. The molecule has 0 spiro atoms. The molecule has 0 radical (unpaired) electrons. The van der Waals surface area contributed by atoms with Gasteiger partial charge < -0.3 is 14.8 Å². The summed E-state index contributed by atoms with van der Waals surface area (Å²) in [6.07, 6.45) is -0.953. The van der Waals surface area contributed by atoms with Crippen molar-refractivity contribution >= 4 is 23.9 Å². The Morgan fingerprint density at radius 2 is 1.79 bits per heavy atom. The van der Waals surface area contributed by atoms with Crippen LogP contribution in [0.4, 0.5) is 4.79 Å². The standard InChI is InChI=1S/C16H20N2O6/c1-11(19)17-14(20)9-8-13(15(21)23-2)18-16(22)24-10-12-6-4-3-5-7-12/h3-7,13H,8-10H2,1-2H3,(H,18,22)(H,17,19,20). The van der Waals surface area contributed by atoms with Crippen molar-refractivity contribution in [1.29, 1.82) is 0 Å². The van der Waals surface area contributed by atoms with Crippen molar-refractivity contribution in [1.82, 2.24) is 10.6 Å². The summed E-state index contributed by atoms with van der Waals surface area (Å²) in [6, 6.07) is 7.98. The quantitative estimate of drug-likeness (QED) is 0.716. The van der Waals surface area contributed by atoms with Gasteiger partial charge in [0, 0.05) is 13.3 Å². The Morgan fingerprint density at radius 1 is 1.12 bits per heavy atom. The first-order chi connectivity index (χ1) is 11.4. The van der Waals surface area contributed by atoms with Crippen LogP contribution in [0.1, 0.15) is 25.3 Å². The summed E-state index contributed by atoms with van der Waals surface area (Å²) >= 11 is 0. The molecule has 0 fully saturated rings. The van der Waals surface area contributed by atoms with Gasteiger partial charge in [0.05, 0.1) is 7.11 Å². The first-order valence-electron chi connectivity index (χ1n) is 7.28. The number of amides is 3. The zero-order valence-corrected chi connectivity index (χ0v) is 13.5. The van der Waals surface area contributed by atoms with Crippen LogP contribution in [0.2, 0.25) is 0 Å². The SMILES string of the molecule is COC(=O)C(CCC(=O)NC(C)=O)NC(=O)OCc1ccccc1. The molecular weight excluding hydrogens is 316 g/mol. The van der Waals surface area contributed by atoms with Gasteiger partial charge in [-0.2, -0.15) is 0 Å². The number of hydrogen-bond acceptors (Lipinski definition) is 6. The van der Waals surface area contributed by atoms with E-state index >= 15 is 0 Å². The van der Waals surface area contributed by atoms with Gasteiger partial charge >= 0.3 is 12.1 Å². The molecule has 2 N–H and O–H groups in total. The molecule has 0 bridgehead atoms. The number of rotatable bonds is 7. The molecule has 0 heterocycles. The number of ether oxygens (including phenoxy) is 2. The predicted molar refractivity (Wildman–Crippen MR) is 83.6 cm³/mol. The van der Waals surface area contributed by atoms with E-state index < -0.39 is 29.9 Å². The fourth-order valence-electron chi connectivity index (χ4n) is 1.83. The molecule has 8 heteroatoms. The fourth-order valence-corrected chi connectivity index (χ4v) is 1.83. The monoisotopic (exact) mass is 336 g/mol. The molecule has 0 saturated carbocycles. The maximum atomic E-state index is 11.8. The minimum Gasteiger partial charge on any atom is -0.467 e. The van der Waals surface area contributed by atoms with E-state index in [0.717, 1.165) is 5.56 Å². The molecule has 0 aliphatic carbocycles. The summed E-state index contributed by atoms with van der Waals surface area (Å²) < 4.78 is 9.59. The van der Waals surface area contributed by atoms with Gasteiger partial charge in [-0.25, -0.2) is 9.59 Å². The van der Waals surface area contributed by atoms with Gasteiger partial charge in [0.2, 0.25) is 11.8 Å². The molecule has 8 nitrogen and oxygen atoms in total. The number of methoxy groups -OCH3 is 1. The van der Waals surface area contributed by atoms with Crippen LogP contribution in [0.15, 0.2) is 30.3 Å². The Balaban J connectivity index is 2.49. The highest BCUT2D eigenvalue weighted by Crippen LogP contribution is 2.03. The Bertz CT molecular complexity index is 587. The Hall–Kier alpha value is -2.90. The molecule has 0 aliphatic rings. The van der Waals surface area contributed by atoms with E-state index in [-0.39, 0.29) is 19.4 Å². The molecule has 130 valence electrons. The first kappa shape index (κ1) is 19.1. The van der Waals surface area contributed by atoms with Crippen molar-refractivity contribution in [2.75, 3.05) is 7.11 Å². The van der Waals surface area contributed by atoms with E-state index in [1.54, 1.807) is 12.1 Å². The van der Waals surface area contributed by atoms with E-state index in [0.29, 0.717) is 0 Å². The number of nitrogens with one attached hydrogen (secondary N) is 2. The molecule has 1 unspecified atom stereocenters. The molecule has 0 aromatic heterocycles. The molecule has 1 atom stereocenters. The lowest BCUT2D eigenvalue weighted by atomic mass is 10.1. The van der Waals surface area contributed by atoms with E-state index in [2.05, 4.69) is 15.4 Å². The van der Waals surface area contributed by atoms with Gasteiger partial charge in [-0.1, -0.05) is 30.3 Å². The van der Waals surface area contributed by atoms with Crippen LogP contribution >= 0.6 is 0 Å². The van der Waals surface area contributed by atoms with Crippen molar-refractivity contribution in [2.24, 2.45) is 0 Å². The van der Waals surface area contributed by atoms with Crippen LogP contribution in [0.25, 0.3) is 0 Å². The molecule has 3 amide bonds. The zero-order chi connectivity index (χ0) is 17.9. The van der Waals surface area contributed by atoms with E-state index in [1.165, 1.54) is 14.0 Å². The van der Waals surface area contributed by atoms with Gasteiger partial charge in [0.1, 0.15) is 12.6 Å². The Morgan fingerprint density at radius 3 is 2.38 bits per heavy atom. The molecule has 1 aromatic carbocycles. The van der Waals surface area contributed by atoms with Crippen LogP contribution in [0.5, 0.6) is 0 Å². The number of alkyl carbamates (subject to hydrolysis) is 1. The second-order valence-electron chi connectivity index (χ2n) is 4.92. The smallest absolute Gasteiger partial charge is 0.408 e. The first-order valence-corrected chi connectivity index (χ1v) is 7.28. The molecule has 1 rings (SSSR count). The zero-order valence-electron chi connectivity index (χ0n) is 13.5. The van der Waals surface area contributed by atoms with Crippen LogP contribution in [0.3, 0.4) is 0 Å². The van der Waals surface area contributed by atoms with Gasteiger partial charge in [0.15, 0.2) is 0 Å². The third kappa shape index (κ3) is 7.39. The van der Waals surface area contributed by atoms with Crippen LogP contribution in [-0.2, 0) is 30.5 Å². The minimum atomic E-state index is -1.05. The normalized spacial score (nSPS) is 11.1. The maximum Gasteiger partial charge on any atom is 0.408 e. The van der Waals surface area contributed by atoms with Crippen molar-refractivity contribution in [3.05, 3.63) is 35.9 Å². The Kier molecular flexibility index (Phi) is 7.97. The van der Waals surface area contributed by atoms with E-state index in [9.17, 15) is 19.2 Å². The van der Waals surface area contributed by atoms with Gasteiger partial charge in [-0.3, -0.25) is 14.9 Å². The minimum absolute atomic E-state index is 0.0216. The van der Waals surface area contributed by atoms with Crippen LogP contribution in [-0.4, -0.2) is 37.0 Å². The largest absolute Gasteiger partial charge is 0.467 e.